The number of carbonyl (C=O) groups excluding carboxylic acids is 2. The molecule has 0 bridgehead atoms. The summed E-state index contributed by atoms with van der Waals surface area (Å²) in [4.78, 5) is 32.5. The second-order valence-corrected chi connectivity index (χ2v) is 9.00. The zero-order valence-corrected chi connectivity index (χ0v) is 18.6. The molecule has 1 aliphatic heterocycles. The summed E-state index contributed by atoms with van der Waals surface area (Å²) in [6, 6.07) is 7.75. The summed E-state index contributed by atoms with van der Waals surface area (Å²) in [6.45, 7) is 4.14. The van der Waals surface area contributed by atoms with Crippen molar-refractivity contribution in [2.45, 2.75) is 26.3 Å². The first-order chi connectivity index (χ1) is 14.9. The number of likely N-dealkylation sites (tertiary alicyclic amines) is 1. The number of carbonyl (C=O) groups is 2. The van der Waals surface area contributed by atoms with E-state index in [4.69, 9.17) is 5.73 Å². The zero-order valence-electron chi connectivity index (χ0n) is 17.8. The molecular weight excluding hydrogens is 410 g/mol. The molecule has 1 aliphatic rings. The highest BCUT2D eigenvalue weighted by atomic mass is 32.1. The molecule has 31 heavy (non-hydrogen) atoms. The largest absolute Gasteiger partial charge is 0.383 e. The maximum atomic E-state index is 12.9. The van der Waals surface area contributed by atoms with Gasteiger partial charge in [-0.25, -0.2) is 4.98 Å². The molecule has 7 nitrogen and oxygen atoms in total. The quantitative estimate of drug-likeness (QED) is 0.568. The number of nitrogen functional groups attached to an aromatic ring is 1. The maximum Gasteiger partial charge on any atom is 0.263 e. The minimum Gasteiger partial charge on any atom is -0.383 e. The molecule has 4 N–H and O–H groups in total. The Morgan fingerprint density at radius 1 is 1.26 bits per heavy atom. The minimum absolute atomic E-state index is 0.00405. The van der Waals surface area contributed by atoms with Gasteiger partial charge in [0.25, 0.3) is 5.91 Å². The third kappa shape index (κ3) is 4.70. The Bertz CT molecular complexity index is 1120. The fraction of sp³-hybridized carbons (Fsp3) is 0.348. The van der Waals surface area contributed by atoms with Gasteiger partial charge >= 0.3 is 0 Å². The first-order valence-corrected chi connectivity index (χ1v) is 11.3. The number of nitrogens with two attached hydrogens (primary N) is 1. The van der Waals surface area contributed by atoms with Gasteiger partial charge in [0.2, 0.25) is 5.91 Å². The summed E-state index contributed by atoms with van der Waals surface area (Å²) >= 11 is 1.35. The van der Waals surface area contributed by atoms with Crippen LogP contribution in [0.25, 0.3) is 10.8 Å². The van der Waals surface area contributed by atoms with Crippen LogP contribution in [-0.2, 0) is 11.3 Å². The lowest BCUT2D eigenvalue weighted by Gasteiger charge is -2.28. The number of nitrogens with zero attached hydrogens (tertiary/aromatic N) is 2. The molecule has 162 valence electrons. The van der Waals surface area contributed by atoms with E-state index in [2.05, 4.69) is 27.6 Å². The molecule has 1 saturated heterocycles. The SMILES string of the molecule is Cc1csc(C(=O)NCc2ccc3c(N)nccc3c2)c1NC(=O)C1CCN(C)CC1. The number of rotatable bonds is 5. The van der Waals surface area contributed by atoms with E-state index in [0.717, 1.165) is 47.8 Å². The van der Waals surface area contributed by atoms with Crippen molar-refractivity contribution in [3.63, 3.8) is 0 Å². The van der Waals surface area contributed by atoms with Crippen LogP contribution in [0.5, 0.6) is 0 Å². The topological polar surface area (TPSA) is 100 Å². The number of hydrogen-bond acceptors (Lipinski definition) is 6. The number of piperidine rings is 1. The van der Waals surface area contributed by atoms with Crippen molar-refractivity contribution in [1.82, 2.24) is 15.2 Å². The Kier molecular flexibility index (Phi) is 6.20. The first-order valence-electron chi connectivity index (χ1n) is 10.4. The number of aryl methyl sites for hydroxylation is 1. The Morgan fingerprint density at radius 2 is 2.03 bits per heavy atom. The molecule has 1 aromatic carbocycles. The molecule has 1 fully saturated rings. The minimum atomic E-state index is -0.189. The van der Waals surface area contributed by atoms with Crippen LogP contribution in [0.15, 0.2) is 35.8 Å². The van der Waals surface area contributed by atoms with E-state index in [1.807, 2.05) is 36.6 Å². The molecule has 2 aromatic heterocycles. The van der Waals surface area contributed by atoms with Crippen molar-refractivity contribution >= 4 is 45.4 Å². The van der Waals surface area contributed by atoms with Crippen LogP contribution in [0.4, 0.5) is 11.5 Å². The lowest BCUT2D eigenvalue weighted by Crippen LogP contribution is -2.36. The average molecular weight is 438 g/mol. The fourth-order valence-corrected chi connectivity index (χ4v) is 4.81. The number of fused-ring (bicyclic) bond motifs is 1. The van der Waals surface area contributed by atoms with Gasteiger partial charge in [-0.2, -0.15) is 0 Å². The van der Waals surface area contributed by atoms with Crippen LogP contribution < -0.4 is 16.4 Å². The van der Waals surface area contributed by atoms with Crippen molar-refractivity contribution < 1.29 is 9.59 Å². The fourth-order valence-electron chi connectivity index (χ4n) is 3.89. The lowest BCUT2D eigenvalue weighted by atomic mass is 9.96. The number of hydrogen-bond donors (Lipinski definition) is 3. The summed E-state index contributed by atoms with van der Waals surface area (Å²) in [5, 5.41) is 9.78. The van der Waals surface area contributed by atoms with Crippen molar-refractivity contribution in [2.75, 3.05) is 31.2 Å². The molecule has 0 unspecified atom stereocenters. The third-order valence-corrected chi connectivity index (χ3v) is 6.93. The van der Waals surface area contributed by atoms with Crippen molar-refractivity contribution in [2.24, 2.45) is 5.92 Å². The molecule has 0 saturated carbocycles. The Hall–Kier alpha value is -2.97. The Balaban J connectivity index is 1.43. The summed E-state index contributed by atoms with van der Waals surface area (Å²) in [5.74, 6) is 0.300. The summed E-state index contributed by atoms with van der Waals surface area (Å²) in [7, 11) is 2.07. The molecule has 0 aliphatic carbocycles. The van der Waals surface area contributed by atoms with Gasteiger partial charge in [-0.05, 0) is 73.9 Å². The zero-order chi connectivity index (χ0) is 22.0. The molecule has 0 spiro atoms. The molecule has 4 rings (SSSR count). The van der Waals surface area contributed by atoms with Gasteiger partial charge in [0, 0.05) is 24.0 Å². The maximum absolute atomic E-state index is 12.9. The van der Waals surface area contributed by atoms with Gasteiger partial charge in [0.05, 0.1) is 5.69 Å². The Morgan fingerprint density at radius 3 is 2.81 bits per heavy atom. The van der Waals surface area contributed by atoms with E-state index in [1.54, 1.807) is 6.20 Å². The monoisotopic (exact) mass is 437 g/mol. The van der Waals surface area contributed by atoms with Gasteiger partial charge in [-0.1, -0.05) is 12.1 Å². The second kappa shape index (κ2) is 9.03. The predicted octanol–water partition coefficient (Wildman–Crippen LogP) is 3.40. The van der Waals surface area contributed by atoms with E-state index >= 15 is 0 Å². The summed E-state index contributed by atoms with van der Waals surface area (Å²) < 4.78 is 0. The predicted molar refractivity (Wildman–Crippen MR) is 125 cm³/mol. The first kappa shape index (κ1) is 21.3. The standard InChI is InChI=1S/C23H27N5O2S/c1-14-13-31-20(19(14)27-22(29)16-6-9-28(2)10-7-16)23(30)26-12-15-3-4-18-17(11-15)5-8-25-21(18)24/h3-5,8,11,13,16H,6-7,9-10,12H2,1-2H3,(H2,24,25)(H,26,30)(H,27,29). The number of amides is 2. The third-order valence-electron chi connectivity index (χ3n) is 5.83. The molecule has 0 radical (unpaired) electrons. The van der Waals surface area contributed by atoms with Gasteiger partial charge in [-0.15, -0.1) is 11.3 Å². The van der Waals surface area contributed by atoms with E-state index in [-0.39, 0.29) is 17.7 Å². The van der Waals surface area contributed by atoms with E-state index in [1.165, 1.54) is 11.3 Å². The second-order valence-electron chi connectivity index (χ2n) is 8.12. The van der Waals surface area contributed by atoms with Crippen LogP contribution in [0, 0.1) is 12.8 Å². The molecule has 3 aromatic rings. The van der Waals surface area contributed by atoms with Gasteiger partial charge in [-0.3, -0.25) is 9.59 Å². The number of nitrogens with one attached hydrogen (secondary N) is 2. The van der Waals surface area contributed by atoms with Crippen LogP contribution in [0.3, 0.4) is 0 Å². The van der Waals surface area contributed by atoms with Gasteiger partial charge < -0.3 is 21.3 Å². The van der Waals surface area contributed by atoms with Crippen LogP contribution in [-0.4, -0.2) is 41.8 Å². The molecular formula is C23H27N5O2S. The molecule has 8 heteroatoms. The Labute approximate surface area is 185 Å². The lowest BCUT2D eigenvalue weighted by molar-refractivity contribution is -0.121. The highest BCUT2D eigenvalue weighted by molar-refractivity contribution is 7.13. The highest BCUT2D eigenvalue weighted by Gasteiger charge is 2.26. The number of benzene rings is 1. The highest BCUT2D eigenvalue weighted by Crippen LogP contribution is 2.29. The van der Waals surface area contributed by atoms with E-state index in [9.17, 15) is 9.59 Å². The van der Waals surface area contributed by atoms with Gasteiger partial charge in [0.15, 0.2) is 0 Å². The van der Waals surface area contributed by atoms with E-state index < -0.39 is 0 Å². The number of thiophene rings is 1. The summed E-state index contributed by atoms with van der Waals surface area (Å²) in [5.41, 5.74) is 8.41. The molecule has 0 atom stereocenters. The van der Waals surface area contributed by atoms with E-state index in [0.29, 0.717) is 22.9 Å². The van der Waals surface area contributed by atoms with Gasteiger partial charge in [0.1, 0.15) is 10.7 Å². The average Bonchev–Trinajstić information content (AvgIpc) is 3.12. The molecule has 3 heterocycles. The smallest absolute Gasteiger partial charge is 0.263 e. The summed E-state index contributed by atoms with van der Waals surface area (Å²) in [6.07, 6.45) is 3.36. The number of pyridine rings is 1. The number of aromatic nitrogens is 1. The normalized spacial score (nSPS) is 15.2. The van der Waals surface area contributed by atoms with Crippen LogP contribution in [0.2, 0.25) is 0 Å². The number of anilines is 2. The van der Waals surface area contributed by atoms with Crippen LogP contribution >= 0.6 is 11.3 Å². The van der Waals surface area contributed by atoms with Crippen molar-refractivity contribution in [3.8, 4) is 0 Å². The van der Waals surface area contributed by atoms with Crippen molar-refractivity contribution in [3.05, 3.63) is 51.8 Å². The van der Waals surface area contributed by atoms with Crippen molar-refractivity contribution in [1.29, 1.82) is 0 Å². The molecule has 2 amide bonds. The van der Waals surface area contributed by atoms with Crippen LogP contribution in [0.1, 0.15) is 33.6 Å².